The van der Waals surface area contributed by atoms with E-state index in [1.807, 2.05) is 97.1 Å². The van der Waals surface area contributed by atoms with E-state index in [0.29, 0.717) is 55.0 Å². The predicted molar refractivity (Wildman–Crippen MR) is 324 cm³/mol. The zero-order valence-corrected chi connectivity index (χ0v) is 47.1. The number of carbonyl (C=O) groups excluding carboxylic acids is 2. The number of unbranched alkanes of at least 4 members (excludes halogenated alkanes) is 5. The van der Waals surface area contributed by atoms with Gasteiger partial charge in [0.05, 0.1) is 16.0 Å². The molecule has 0 unspecified atom stereocenters. The Balaban J connectivity index is 1.05. The molecule has 2 N–H and O–H groups in total. The molecular formula is C71H75N2O6S. The number of rotatable bonds is 24. The summed E-state index contributed by atoms with van der Waals surface area (Å²) in [7, 11) is -3.87. The van der Waals surface area contributed by atoms with Crippen molar-refractivity contribution in [3.63, 3.8) is 0 Å². The van der Waals surface area contributed by atoms with Gasteiger partial charge < -0.3 is 14.8 Å². The first-order valence-electron chi connectivity index (χ1n) is 29.2. The lowest BCUT2D eigenvalue weighted by molar-refractivity contribution is -0.148. The summed E-state index contributed by atoms with van der Waals surface area (Å²) in [5, 5.41) is 6.16. The van der Waals surface area contributed by atoms with Crippen LogP contribution >= 0.6 is 0 Å². The van der Waals surface area contributed by atoms with Crippen LogP contribution in [0.5, 0.6) is 11.5 Å². The van der Waals surface area contributed by atoms with Gasteiger partial charge in [0.2, 0.25) is 0 Å². The van der Waals surface area contributed by atoms with Crippen LogP contribution in [0.15, 0.2) is 187 Å². The molecule has 0 heterocycles. The highest BCUT2D eigenvalue weighted by atomic mass is 32.2. The largest absolute Gasteiger partial charge is 0.427 e. The number of ether oxygens (including phenoxy) is 2. The molecule has 8 nitrogen and oxygen atoms in total. The Kier molecular flexibility index (Phi) is 18.6. The van der Waals surface area contributed by atoms with Crippen LogP contribution in [0.1, 0.15) is 141 Å². The SMILES string of the molecule is CCCCCCCCC(=O)Oc1ccc(C[C](Cc2ccc(S(=O)(=O)Nc3ccccc3)cc2)c2ccc(Nc3ccccc3)c(OC(=O)C3(Cc4c5c(cc6ccccc46)CCCC5)CCCCC3)c2Cc2ccccc2)cc1. The highest BCUT2D eigenvalue weighted by Crippen LogP contribution is 2.47. The van der Waals surface area contributed by atoms with Crippen molar-refractivity contribution < 1.29 is 27.5 Å². The van der Waals surface area contributed by atoms with Crippen LogP contribution < -0.4 is 19.5 Å². The van der Waals surface area contributed by atoms with Crippen molar-refractivity contribution >= 4 is 49.8 Å². The van der Waals surface area contributed by atoms with Crippen molar-refractivity contribution in [1.29, 1.82) is 0 Å². The number of hydrogen-bond acceptors (Lipinski definition) is 7. The van der Waals surface area contributed by atoms with Crippen molar-refractivity contribution in [1.82, 2.24) is 0 Å². The number of hydrogen-bond donors (Lipinski definition) is 2. The summed E-state index contributed by atoms with van der Waals surface area (Å²) in [6.45, 7) is 2.20. The number of carbonyl (C=O) groups is 2. The van der Waals surface area contributed by atoms with Gasteiger partial charge in [0, 0.05) is 35.7 Å². The maximum absolute atomic E-state index is 16.0. The predicted octanol–water partition coefficient (Wildman–Crippen LogP) is 17.0. The summed E-state index contributed by atoms with van der Waals surface area (Å²) >= 11 is 0. The van der Waals surface area contributed by atoms with E-state index in [9.17, 15) is 13.2 Å². The van der Waals surface area contributed by atoms with Gasteiger partial charge in [-0.05, 0) is 169 Å². The summed E-state index contributed by atoms with van der Waals surface area (Å²) in [6.07, 6.45) is 17.8. The lowest BCUT2D eigenvalue weighted by Gasteiger charge is -2.37. The van der Waals surface area contributed by atoms with Crippen LogP contribution in [0.3, 0.4) is 0 Å². The summed E-state index contributed by atoms with van der Waals surface area (Å²) < 4.78 is 43.1. The molecule has 8 aromatic rings. The molecule has 0 aromatic heterocycles. The molecule has 80 heavy (non-hydrogen) atoms. The van der Waals surface area contributed by atoms with Crippen LogP contribution in [-0.4, -0.2) is 20.4 Å². The average Bonchev–Trinajstić information content (AvgIpc) is 3.50. The topological polar surface area (TPSA) is 111 Å². The molecule has 10 rings (SSSR count). The van der Waals surface area contributed by atoms with Gasteiger partial charge >= 0.3 is 11.9 Å². The van der Waals surface area contributed by atoms with Gasteiger partial charge in [-0.15, -0.1) is 0 Å². The van der Waals surface area contributed by atoms with Crippen LogP contribution in [0.4, 0.5) is 17.1 Å². The van der Waals surface area contributed by atoms with Gasteiger partial charge in [-0.2, -0.15) is 0 Å². The Labute approximate surface area is 474 Å². The third-order valence-corrected chi connectivity index (χ3v) is 17.7. The van der Waals surface area contributed by atoms with Gasteiger partial charge in [-0.3, -0.25) is 14.3 Å². The molecule has 2 aliphatic carbocycles. The van der Waals surface area contributed by atoms with Gasteiger partial charge in [0.1, 0.15) is 5.75 Å². The van der Waals surface area contributed by atoms with Crippen molar-refractivity contribution in [2.45, 2.75) is 140 Å². The highest BCUT2D eigenvalue weighted by molar-refractivity contribution is 7.92. The van der Waals surface area contributed by atoms with E-state index >= 15 is 4.79 Å². The van der Waals surface area contributed by atoms with E-state index in [-0.39, 0.29) is 16.8 Å². The van der Waals surface area contributed by atoms with Crippen LogP contribution in [0.25, 0.3) is 10.8 Å². The van der Waals surface area contributed by atoms with Crippen LogP contribution in [-0.2, 0) is 58.1 Å². The summed E-state index contributed by atoms with van der Waals surface area (Å²) in [5.74, 6) is 1.63. The minimum absolute atomic E-state index is 0.157. The fraction of sp³-hybridized carbons (Fsp3) is 0.310. The molecule has 2 aliphatic rings. The average molecular weight is 1080 g/mol. The molecule has 1 radical (unpaired) electrons. The zero-order valence-electron chi connectivity index (χ0n) is 46.3. The maximum atomic E-state index is 16.0. The Morgan fingerprint density at radius 2 is 1.20 bits per heavy atom. The van der Waals surface area contributed by atoms with Gasteiger partial charge in [-0.25, -0.2) is 8.42 Å². The number of aryl methyl sites for hydroxylation is 1. The van der Waals surface area contributed by atoms with E-state index in [4.69, 9.17) is 9.47 Å². The normalized spacial score (nSPS) is 14.1. The molecule has 411 valence electrons. The van der Waals surface area contributed by atoms with E-state index < -0.39 is 15.4 Å². The first kappa shape index (κ1) is 55.8. The molecule has 0 saturated heterocycles. The number of anilines is 3. The van der Waals surface area contributed by atoms with Gasteiger partial charge in [0.15, 0.2) is 5.75 Å². The number of nitrogens with one attached hydrogen (secondary N) is 2. The quantitative estimate of drug-likeness (QED) is 0.0352. The van der Waals surface area contributed by atoms with E-state index in [1.165, 1.54) is 53.1 Å². The second-order valence-corrected chi connectivity index (χ2v) is 23.8. The zero-order chi connectivity index (χ0) is 55.2. The Morgan fingerprint density at radius 1 is 0.575 bits per heavy atom. The third kappa shape index (κ3) is 14.1. The fourth-order valence-electron chi connectivity index (χ4n) is 12.1. The molecular weight excluding hydrogens is 1010 g/mol. The van der Waals surface area contributed by atoms with Crippen LogP contribution in [0.2, 0.25) is 0 Å². The van der Waals surface area contributed by atoms with E-state index in [2.05, 4.69) is 65.5 Å². The Bertz CT molecular complexity index is 3450. The molecule has 9 heteroatoms. The molecule has 1 fully saturated rings. The molecule has 0 atom stereocenters. The second-order valence-electron chi connectivity index (χ2n) is 22.2. The number of benzene rings is 8. The fourth-order valence-corrected chi connectivity index (χ4v) is 13.1. The minimum Gasteiger partial charge on any atom is -0.427 e. The molecule has 0 spiro atoms. The molecule has 0 aliphatic heterocycles. The number of sulfonamides is 1. The Hall–Kier alpha value is -7.49. The van der Waals surface area contributed by atoms with Crippen LogP contribution in [0, 0.1) is 11.3 Å². The standard InChI is InChI=1S/C71H75N2O6S/c1-2-3-4-5-6-17-34-68(74)78-60-39-35-53(36-40-60)47-57(48-54-37-41-61(42-38-54)80(76,77)73-59-30-15-9-16-31-59)64-43-44-67(72-58-28-13-8-14-29-58)69(65(64)49-52-24-11-7-12-25-52)79-70(75)71(45-22-10-23-46-71)51-66-62-32-20-18-26-55(62)50-56-27-19-21-33-63(56)66/h7-9,11-16,18,20,24-26,28-32,35-44,50,72-73H,2-6,10,17,19,21-23,27,33-34,45-49,51H2,1H3. The van der Waals surface area contributed by atoms with Gasteiger partial charge in [-0.1, -0.05) is 186 Å². The molecule has 8 aromatic carbocycles. The Morgan fingerprint density at radius 3 is 1.91 bits per heavy atom. The highest BCUT2D eigenvalue weighted by Gasteiger charge is 2.43. The smallest absolute Gasteiger partial charge is 0.317 e. The number of para-hydroxylation sites is 2. The van der Waals surface area contributed by atoms with E-state index in [0.717, 1.165) is 110 Å². The first-order valence-corrected chi connectivity index (χ1v) is 30.7. The third-order valence-electron chi connectivity index (χ3n) is 16.3. The second kappa shape index (κ2) is 26.6. The van der Waals surface area contributed by atoms with Crippen molar-refractivity contribution in [2.75, 3.05) is 10.0 Å². The minimum atomic E-state index is -3.87. The van der Waals surface area contributed by atoms with Crippen molar-refractivity contribution in [3.8, 4) is 11.5 Å². The summed E-state index contributed by atoms with van der Waals surface area (Å²) in [5.41, 5.74) is 10.2. The number of esters is 2. The van der Waals surface area contributed by atoms with E-state index in [1.54, 1.807) is 36.4 Å². The lowest BCUT2D eigenvalue weighted by Crippen LogP contribution is -2.39. The lowest BCUT2D eigenvalue weighted by atomic mass is 9.68. The first-order chi connectivity index (χ1) is 39.1. The van der Waals surface area contributed by atoms with Crippen molar-refractivity contribution in [3.05, 3.63) is 232 Å². The summed E-state index contributed by atoms with van der Waals surface area (Å²) in [4.78, 5) is 29.1. The monoisotopic (exact) mass is 1080 g/mol. The number of fused-ring (bicyclic) bond motifs is 2. The molecule has 0 bridgehead atoms. The molecule has 0 amide bonds. The van der Waals surface area contributed by atoms with Gasteiger partial charge in [0.25, 0.3) is 10.0 Å². The summed E-state index contributed by atoms with van der Waals surface area (Å²) in [6, 6.07) is 59.4. The van der Waals surface area contributed by atoms with Crippen molar-refractivity contribution in [2.24, 2.45) is 5.41 Å². The maximum Gasteiger partial charge on any atom is 0.317 e. The molecule has 1 saturated carbocycles.